The Labute approximate surface area is 118 Å². The van der Waals surface area contributed by atoms with Crippen LogP contribution in [0.5, 0.6) is 0 Å². The van der Waals surface area contributed by atoms with Gasteiger partial charge in [-0.25, -0.2) is 13.1 Å². The van der Waals surface area contributed by atoms with Crippen LogP contribution in [0, 0.1) is 0 Å². The van der Waals surface area contributed by atoms with Crippen LogP contribution in [0.15, 0.2) is 17.3 Å². The van der Waals surface area contributed by atoms with Crippen molar-refractivity contribution in [3.63, 3.8) is 0 Å². The van der Waals surface area contributed by atoms with Crippen LogP contribution in [0.4, 0.5) is 0 Å². The maximum absolute atomic E-state index is 12.2. The average Bonchev–Trinajstić information content (AvgIpc) is 2.86. The number of fused-ring (bicyclic) bond motifs is 1. The normalized spacial score (nSPS) is 30.9. The number of aryl methyl sites for hydroxylation is 1. The van der Waals surface area contributed by atoms with Gasteiger partial charge < -0.3 is 9.47 Å². The summed E-state index contributed by atoms with van der Waals surface area (Å²) in [6.07, 6.45) is 5.21. The molecule has 1 aliphatic heterocycles. The summed E-state index contributed by atoms with van der Waals surface area (Å²) in [5, 5.41) is 3.89. The molecule has 8 heteroatoms. The van der Waals surface area contributed by atoms with Crippen molar-refractivity contribution in [1.82, 2.24) is 14.5 Å². The molecule has 2 heterocycles. The van der Waals surface area contributed by atoms with Gasteiger partial charge in [-0.05, 0) is 19.3 Å². The molecular formula is C12H19N3O4S. The Balaban J connectivity index is 1.66. The summed E-state index contributed by atoms with van der Waals surface area (Å²) in [4.78, 5) is 0.197. The molecule has 1 N–H and O–H groups in total. The first-order valence-electron chi connectivity index (χ1n) is 6.79. The van der Waals surface area contributed by atoms with Crippen LogP contribution in [-0.4, -0.2) is 49.7 Å². The molecular weight excluding hydrogens is 282 g/mol. The number of nitrogens with zero attached hydrogens (tertiary/aromatic N) is 2. The van der Waals surface area contributed by atoms with E-state index in [4.69, 9.17) is 9.47 Å². The van der Waals surface area contributed by atoms with E-state index in [0.29, 0.717) is 19.6 Å². The second-order valence-electron chi connectivity index (χ2n) is 5.30. The van der Waals surface area contributed by atoms with Crippen LogP contribution in [0.2, 0.25) is 0 Å². The van der Waals surface area contributed by atoms with Gasteiger partial charge in [-0.3, -0.25) is 4.68 Å². The molecule has 0 spiro atoms. The smallest absolute Gasteiger partial charge is 0.243 e. The summed E-state index contributed by atoms with van der Waals surface area (Å²) in [6.45, 7) is 1.22. The van der Waals surface area contributed by atoms with Crippen LogP contribution in [0.3, 0.4) is 0 Å². The van der Waals surface area contributed by atoms with Crippen LogP contribution >= 0.6 is 0 Å². The Morgan fingerprint density at radius 2 is 2.05 bits per heavy atom. The summed E-state index contributed by atoms with van der Waals surface area (Å²) in [6, 6.07) is -0.108. The zero-order valence-electron chi connectivity index (χ0n) is 11.4. The van der Waals surface area contributed by atoms with E-state index in [-0.39, 0.29) is 23.1 Å². The molecule has 112 valence electrons. The average molecular weight is 301 g/mol. The highest BCUT2D eigenvalue weighted by Crippen LogP contribution is 2.27. The van der Waals surface area contributed by atoms with Crippen molar-refractivity contribution in [2.45, 2.75) is 42.4 Å². The first-order chi connectivity index (χ1) is 9.54. The molecule has 2 fully saturated rings. The fraction of sp³-hybridized carbons (Fsp3) is 0.750. The standard InChI is InChI=1S/C12H19N3O4S/c1-15-8-10(7-13-15)20(16,17)14-9-2-3-11-12(6-9)19-5-4-18-11/h7-9,11-12,14H,2-6H2,1H3. The summed E-state index contributed by atoms with van der Waals surface area (Å²) in [5.74, 6) is 0. The Hall–Kier alpha value is -0.960. The molecule has 3 atom stereocenters. The van der Waals surface area contributed by atoms with Gasteiger partial charge in [0.05, 0.1) is 31.6 Å². The van der Waals surface area contributed by atoms with Gasteiger partial charge in [-0.15, -0.1) is 0 Å². The van der Waals surface area contributed by atoms with Gasteiger partial charge in [0.1, 0.15) is 4.90 Å². The Morgan fingerprint density at radius 3 is 2.75 bits per heavy atom. The van der Waals surface area contributed by atoms with Gasteiger partial charge in [0.2, 0.25) is 10.0 Å². The van der Waals surface area contributed by atoms with Crippen molar-refractivity contribution < 1.29 is 17.9 Å². The van der Waals surface area contributed by atoms with Crippen LogP contribution in [0.25, 0.3) is 0 Å². The minimum atomic E-state index is -3.51. The predicted molar refractivity (Wildman–Crippen MR) is 70.6 cm³/mol. The zero-order chi connectivity index (χ0) is 14.2. The molecule has 0 aromatic carbocycles. The molecule has 1 aliphatic carbocycles. The third-order valence-corrected chi connectivity index (χ3v) is 5.27. The highest BCUT2D eigenvalue weighted by atomic mass is 32.2. The SMILES string of the molecule is Cn1cc(S(=O)(=O)NC2CCC3OCCOC3C2)cn1. The fourth-order valence-electron chi connectivity index (χ4n) is 2.80. The fourth-order valence-corrected chi connectivity index (χ4v) is 4.06. The molecule has 3 unspecified atom stereocenters. The maximum Gasteiger partial charge on any atom is 0.243 e. The molecule has 7 nitrogen and oxygen atoms in total. The van der Waals surface area contributed by atoms with E-state index in [1.807, 2.05) is 0 Å². The van der Waals surface area contributed by atoms with Gasteiger partial charge in [0, 0.05) is 19.3 Å². The molecule has 1 aromatic heterocycles. The first-order valence-corrected chi connectivity index (χ1v) is 8.27. The minimum Gasteiger partial charge on any atom is -0.373 e. The van der Waals surface area contributed by atoms with Crippen molar-refractivity contribution in [1.29, 1.82) is 0 Å². The van der Waals surface area contributed by atoms with E-state index < -0.39 is 10.0 Å². The number of hydrogen-bond donors (Lipinski definition) is 1. The van der Waals surface area contributed by atoms with Crippen molar-refractivity contribution in [2.75, 3.05) is 13.2 Å². The number of aromatic nitrogens is 2. The molecule has 1 saturated heterocycles. The van der Waals surface area contributed by atoms with Crippen LogP contribution in [0.1, 0.15) is 19.3 Å². The lowest BCUT2D eigenvalue weighted by Gasteiger charge is -2.38. The van der Waals surface area contributed by atoms with Crippen LogP contribution in [-0.2, 0) is 26.5 Å². The summed E-state index contributed by atoms with van der Waals surface area (Å²) < 4.78 is 40.0. The van der Waals surface area contributed by atoms with Crippen molar-refractivity contribution in [3.8, 4) is 0 Å². The second-order valence-corrected chi connectivity index (χ2v) is 7.01. The minimum absolute atomic E-state index is 0.000835. The molecule has 1 saturated carbocycles. The number of nitrogens with one attached hydrogen (secondary N) is 1. The Kier molecular flexibility index (Phi) is 3.80. The van der Waals surface area contributed by atoms with Gasteiger partial charge in [0.15, 0.2) is 0 Å². The molecule has 0 bridgehead atoms. The summed E-state index contributed by atoms with van der Waals surface area (Å²) >= 11 is 0. The van der Waals surface area contributed by atoms with Gasteiger partial charge in [0.25, 0.3) is 0 Å². The topological polar surface area (TPSA) is 82.5 Å². The summed E-state index contributed by atoms with van der Waals surface area (Å²) in [5.41, 5.74) is 0. The van der Waals surface area contributed by atoms with E-state index in [1.54, 1.807) is 7.05 Å². The Morgan fingerprint density at radius 1 is 1.30 bits per heavy atom. The van der Waals surface area contributed by atoms with E-state index in [2.05, 4.69) is 9.82 Å². The monoisotopic (exact) mass is 301 g/mol. The third kappa shape index (κ3) is 2.88. The number of ether oxygens (including phenoxy) is 2. The Bertz CT molecular complexity index is 571. The van der Waals surface area contributed by atoms with Gasteiger partial charge in [-0.1, -0.05) is 0 Å². The predicted octanol–water partition coefficient (Wildman–Crippen LogP) is 0.0349. The first kappa shape index (κ1) is 14.0. The van der Waals surface area contributed by atoms with E-state index in [1.165, 1.54) is 17.1 Å². The highest BCUT2D eigenvalue weighted by molar-refractivity contribution is 7.89. The maximum atomic E-state index is 12.2. The lowest BCUT2D eigenvalue weighted by molar-refractivity contribution is -0.156. The lowest BCUT2D eigenvalue weighted by atomic mass is 9.90. The zero-order valence-corrected chi connectivity index (χ0v) is 12.2. The van der Waals surface area contributed by atoms with Gasteiger partial charge in [-0.2, -0.15) is 5.10 Å². The van der Waals surface area contributed by atoms with E-state index in [9.17, 15) is 8.42 Å². The van der Waals surface area contributed by atoms with Crippen molar-refractivity contribution >= 4 is 10.0 Å². The molecule has 20 heavy (non-hydrogen) atoms. The van der Waals surface area contributed by atoms with Crippen LogP contribution < -0.4 is 4.72 Å². The molecule has 0 radical (unpaired) electrons. The number of sulfonamides is 1. The molecule has 1 aromatic rings. The molecule has 3 rings (SSSR count). The second kappa shape index (κ2) is 5.44. The number of rotatable bonds is 3. The molecule has 2 aliphatic rings. The van der Waals surface area contributed by atoms with E-state index in [0.717, 1.165) is 12.8 Å². The number of hydrogen-bond acceptors (Lipinski definition) is 5. The quantitative estimate of drug-likeness (QED) is 0.852. The summed E-state index contributed by atoms with van der Waals surface area (Å²) in [7, 11) is -1.81. The molecule has 0 amide bonds. The van der Waals surface area contributed by atoms with Crippen molar-refractivity contribution in [2.24, 2.45) is 7.05 Å². The third-order valence-electron chi connectivity index (χ3n) is 3.79. The van der Waals surface area contributed by atoms with E-state index >= 15 is 0 Å². The lowest BCUT2D eigenvalue weighted by Crippen LogP contribution is -2.49. The largest absolute Gasteiger partial charge is 0.373 e. The van der Waals surface area contributed by atoms with Gasteiger partial charge >= 0.3 is 0 Å². The highest BCUT2D eigenvalue weighted by Gasteiger charge is 2.35. The van der Waals surface area contributed by atoms with Crippen molar-refractivity contribution in [3.05, 3.63) is 12.4 Å².